The highest BCUT2D eigenvalue weighted by atomic mass is 16.2. The lowest BCUT2D eigenvalue weighted by atomic mass is 9.78. The van der Waals surface area contributed by atoms with E-state index in [0.717, 1.165) is 45.4 Å². The summed E-state index contributed by atoms with van der Waals surface area (Å²) >= 11 is 0. The van der Waals surface area contributed by atoms with Crippen LogP contribution in [0.15, 0.2) is 6.33 Å². The molecule has 0 aromatic carbocycles. The Balaban J connectivity index is 1.40. The van der Waals surface area contributed by atoms with Crippen molar-refractivity contribution in [2.24, 2.45) is 18.4 Å². The molecule has 0 N–H and O–H groups in total. The molecule has 0 unspecified atom stereocenters. The molecule has 1 aromatic heterocycles. The molecule has 1 atom stereocenters. The van der Waals surface area contributed by atoms with Gasteiger partial charge in [-0.1, -0.05) is 0 Å². The van der Waals surface area contributed by atoms with Gasteiger partial charge in [-0.15, -0.1) is 5.10 Å². The first kappa shape index (κ1) is 18.4. The normalized spacial score (nSPS) is 27.7. The van der Waals surface area contributed by atoms with Gasteiger partial charge >= 0.3 is 0 Å². The van der Waals surface area contributed by atoms with Crippen LogP contribution in [0.5, 0.6) is 0 Å². The lowest BCUT2D eigenvalue weighted by molar-refractivity contribution is -0.138. The Bertz CT molecular complexity index is 711. The molecule has 3 aliphatic heterocycles. The number of rotatable bonds is 3. The van der Waals surface area contributed by atoms with Crippen molar-refractivity contribution in [3.05, 3.63) is 12.2 Å². The summed E-state index contributed by atoms with van der Waals surface area (Å²) in [4.78, 5) is 36.3. The maximum atomic E-state index is 13.3. The molecule has 0 saturated carbocycles. The minimum Gasteiger partial charge on any atom is -0.342 e. The number of nitrogens with zero attached hydrogens (tertiary/aromatic N) is 6. The molecule has 8 nitrogen and oxygen atoms in total. The summed E-state index contributed by atoms with van der Waals surface area (Å²) in [6.07, 6.45) is 6.49. The quantitative estimate of drug-likeness (QED) is 0.775. The third-order valence-electron chi connectivity index (χ3n) is 6.57. The summed E-state index contributed by atoms with van der Waals surface area (Å²) < 4.78 is 1.54. The van der Waals surface area contributed by atoms with Gasteiger partial charge < -0.3 is 14.7 Å². The van der Waals surface area contributed by atoms with Crippen molar-refractivity contribution in [1.82, 2.24) is 29.5 Å². The second-order valence-electron chi connectivity index (χ2n) is 8.60. The Morgan fingerprint density at radius 3 is 2.67 bits per heavy atom. The fourth-order valence-corrected chi connectivity index (χ4v) is 4.89. The topological polar surface area (TPSA) is 74.6 Å². The third kappa shape index (κ3) is 3.59. The van der Waals surface area contributed by atoms with Gasteiger partial charge in [-0.3, -0.25) is 14.3 Å². The average Bonchev–Trinajstić information content (AvgIpc) is 3.22. The molecule has 1 spiro atoms. The van der Waals surface area contributed by atoms with Crippen molar-refractivity contribution in [3.63, 3.8) is 0 Å². The van der Waals surface area contributed by atoms with E-state index in [1.165, 1.54) is 23.9 Å². The van der Waals surface area contributed by atoms with Crippen molar-refractivity contribution < 1.29 is 9.59 Å². The number of hydrogen-bond acceptors (Lipinski definition) is 5. The summed E-state index contributed by atoms with van der Waals surface area (Å²) in [5.41, 5.74) is -0.395. The zero-order valence-corrected chi connectivity index (χ0v) is 16.4. The van der Waals surface area contributed by atoms with Gasteiger partial charge in [0.2, 0.25) is 11.7 Å². The van der Waals surface area contributed by atoms with E-state index in [2.05, 4.69) is 26.9 Å². The Kier molecular flexibility index (Phi) is 4.92. The molecular weight excluding hydrogens is 344 g/mol. The lowest BCUT2D eigenvalue weighted by Crippen LogP contribution is -2.50. The van der Waals surface area contributed by atoms with E-state index >= 15 is 0 Å². The van der Waals surface area contributed by atoms with E-state index in [4.69, 9.17) is 0 Å². The van der Waals surface area contributed by atoms with Crippen LogP contribution >= 0.6 is 0 Å². The highest BCUT2D eigenvalue weighted by Crippen LogP contribution is 2.41. The predicted octanol–water partition coefficient (Wildman–Crippen LogP) is 0.612. The van der Waals surface area contributed by atoms with Crippen LogP contribution in [0.4, 0.5) is 0 Å². The van der Waals surface area contributed by atoms with Gasteiger partial charge in [0.15, 0.2) is 0 Å². The van der Waals surface area contributed by atoms with Crippen LogP contribution in [0, 0.1) is 11.3 Å². The van der Waals surface area contributed by atoms with Gasteiger partial charge in [0.1, 0.15) is 6.33 Å². The zero-order valence-electron chi connectivity index (χ0n) is 16.4. The Morgan fingerprint density at radius 2 is 1.96 bits per heavy atom. The van der Waals surface area contributed by atoms with Gasteiger partial charge in [0.05, 0.1) is 5.41 Å². The minimum atomic E-state index is -0.395. The van der Waals surface area contributed by atoms with Crippen LogP contribution < -0.4 is 0 Å². The molecule has 1 aromatic rings. The zero-order chi connectivity index (χ0) is 19.0. The number of piperidine rings is 2. The van der Waals surface area contributed by atoms with Crippen LogP contribution in [0.25, 0.3) is 0 Å². The predicted molar refractivity (Wildman–Crippen MR) is 100.0 cm³/mol. The number of amides is 2. The van der Waals surface area contributed by atoms with Crippen molar-refractivity contribution in [1.29, 1.82) is 0 Å². The fourth-order valence-electron chi connectivity index (χ4n) is 4.89. The Morgan fingerprint density at radius 1 is 1.19 bits per heavy atom. The summed E-state index contributed by atoms with van der Waals surface area (Å²) in [5.74, 6) is 0.937. The van der Waals surface area contributed by atoms with Crippen molar-refractivity contribution in [3.8, 4) is 0 Å². The lowest BCUT2D eigenvalue weighted by Gasteiger charge is -2.39. The molecule has 3 fully saturated rings. The van der Waals surface area contributed by atoms with Crippen LogP contribution in [-0.4, -0.2) is 87.6 Å². The van der Waals surface area contributed by atoms with Crippen molar-refractivity contribution in [2.45, 2.75) is 32.1 Å². The number of likely N-dealkylation sites (tertiary alicyclic amines) is 3. The molecule has 0 bridgehead atoms. The first-order valence-corrected chi connectivity index (χ1v) is 10.1. The van der Waals surface area contributed by atoms with Crippen LogP contribution in [0.2, 0.25) is 0 Å². The molecule has 27 heavy (non-hydrogen) atoms. The molecule has 0 aliphatic carbocycles. The van der Waals surface area contributed by atoms with Crippen LogP contribution in [-0.2, 0) is 11.8 Å². The summed E-state index contributed by atoms with van der Waals surface area (Å²) in [6, 6.07) is 0. The summed E-state index contributed by atoms with van der Waals surface area (Å²) in [5, 5.41) is 4.13. The van der Waals surface area contributed by atoms with E-state index in [1.807, 2.05) is 0 Å². The molecule has 4 rings (SSSR count). The van der Waals surface area contributed by atoms with Crippen LogP contribution in [0.1, 0.15) is 42.7 Å². The number of aromatic nitrogens is 3. The SMILES string of the molecule is CN1CCC(CN2CC[C@@]3(CCCN(C(=O)c4ncn(C)n4)C3)C2=O)CC1. The first-order chi connectivity index (χ1) is 13.0. The molecule has 0 radical (unpaired) electrons. The van der Waals surface area contributed by atoms with Gasteiger partial charge in [-0.05, 0) is 58.2 Å². The molecule has 2 amide bonds. The van der Waals surface area contributed by atoms with Crippen molar-refractivity contribution >= 4 is 11.8 Å². The van der Waals surface area contributed by atoms with E-state index in [-0.39, 0.29) is 17.6 Å². The molecule has 148 valence electrons. The summed E-state index contributed by atoms with van der Waals surface area (Å²) in [7, 11) is 3.92. The molecular formula is C19H30N6O2. The van der Waals surface area contributed by atoms with Gasteiger partial charge in [-0.25, -0.2) is 4.98 Å². The third-order valence-corrected chi connectivity index (χ3v) is 6.57. The maximum Gasteiger partial charge on any atom is 0.293 e. The smallest absolute Gasteiger partial charge is 0.293 e. The minimum absolute atomic E-state index is 0.156. The van der Waals surface area contributed by atoms with E-state index in [1.54, 1.807) is 11.9 Å². The summed E-state index contributed by atoms with van der Waals surface area (Å²) in [6.45, 7) is 5.14. The van der Waals surface area contributed by atoms with E-state index < -0.39 is 5.41 Å². The molecule has 4 heterocycles. The maximum absolute atomic E-state index is 13.3. The molecule has 3 aliphatic rings. The monoisotopic (exact) mass is 374 g/mol. The number of aryl methyl sites for hydroxylation is 1. The highest BCUT2D eigenvalue weighted by Gasteiger charge is 2.50. The Hall–Kier alpha value is -1.96. The van der Waals surface area contributed by atoms with Gasteiger partial charge in [-0.2, -0.15) is 0 Å². The fraction of sp³-hybridized carbons (Fsp3) is 0.789. The Labute approximate surface area is 160 Å². The van der Waals surface area contributed by atoms with Gasteiger partial charge in [0, 0.05) is 33.2 Å². The number of carbonyl (C=O) groups is 2. The van der Waals surface area contributed by atoms with Crippen LogP contribution in [0.3, 0.4) is 0 Å². The largest absolute Gasteiger partial charge is 0.342 e. The number of carbonyl (C=O) groups excluding carboxylic acids is 2. The molecule has 8 heteroatoms. The van der Waals surface area contributed by atoms with Crippen molar-refractivity contribution in [2.75, 3.05) is 46.3 Å². The highest BCUT2D eigenvalue weighted by molar-refractivity contribution is 5.92. The first-order valence-electron chi connectivity index (χ1n) is 10.1. The van der Waals surface area contributed by atoms with E-state index in [9.17, 15) is 9.59 Å². The van der Waals surface area contributed by atoms with Gasteiger partial charge in [0.25, 0.3) is 5.91 Å². The second kappa shape index (κ2) is 7.22. The van der Waals surface area contributed by atoms with E-state index in [0.29, 0.717) is 19.0 Å². The average molecular weight is 374 g/mol. The standard InChI is InChI=1S/C19H30N6O2/c1-22-9-4-15(5-10-22)12-24-11-7-19(18(24)27)6-3-8-25(13-19)17(26)16-20-14-23(2)21-16/h14-15H,3-13H2,1-2H3/t19-/m1/s1. The molecule has 3 saturated heterocycles. The second-order valence-corrected chi connectivity index (χ2v) is 8.60. The number of hydrogen-bond donors (Lipinski definition) is 0.